The summed E-state index contributed by atoms with van der Waals surface area (Å²) in [5, 5.41) is 0. The third-order valence-electron chi connectivity index (χ3n) is 1.04. The van der Waals surface area contributed by atoms with E-state index in [2.05, 4.69) is 54.5 Å². The fourth-order valence-corrected chi connectivity index (χ4v) is 3.22. The van der Waals surface area contributed by atoms with Gasteiger partial charge in [-0.25, -0.2) is 0 Å². The smallest absolute Gasteiger partial charge is 0.0603 e. The van der Waals surface area contributed by atoms with Crippen molar-refractivity contribution in [3.05, 3.63) is 24.6 Å². The van der Waals surface area contributed by atoms with Gasteiger partial charge in [-0.3, -0.25) is 0 Å². The topological polar surface area (TPSA) is 26.0 Å². The van der Waals surface area contributed by atoms with E-state index in [1.54, 1.807) is 0 Å². The molecule has 0 aliphatic rings. The molecule has 1 rings (SSSR count). The maximum absolute atomic E-state index is 5.65. The van der Waals surface area contributed by atoms with Crippen molar-refractivity contribution in [3.63, 3.8) is 0 Å². The SMILES string of the molecule is Nc1c(Br)cc(I)cc1Br. The molecule has 1 aromatic carbocycles. The predicted octanol–water partition coefficient (Wildman–Crippen LogP) is 3.40. The van der Waals surface area contributed by atoms with Gasteiger partial charge in [-0.15, -0.1) is 0 Å². The minimum absolute atomic E-state index is 0.750. The minimum Gasteiger partial charge on any atom is -0.397 e. The molecule has 0 atom stereocenters. The third-order valence-corrected chi connectivity index (χ3v) is 2.98. The molecule has 0 saturated carbocycles. The molecule has 0 saturated heterocycles. The van der Waals surface area contributed by atoms with Gasteiger partial charge in [0.2, 0.25) is 0 Å². The van der Waals surface area contributed by atoms with E-state index in [1.165, 1.54) is 0 Å². The van der Waals surface area contributed by atoms with Gasteiger partial charge >= 0.3 is 0 Å². The lowest BCUT2D eigenvalue weighted by Gasteiger charge is -2.00. The zero-order valence-corrected chi connectivity index (χ0v) is 10.2. The maximum Gasteiger partial charge on any atom is 0.0603 e. The highest BCUT2D eigenvalue weighted by Gasteiger charge is 2.00. The number of anilines is 1. The van der Waals surface area contributed by atoms with Crippen LogP contribution in [-0.4, -0.2) is 0 Å². The van der Waals surface area contributed by atoms with Crippen molar-refractivity contribution in [2.24, 2.45) is 0 Å². The quantitative estimate of drug-likeness (QED) is 0.545. The highest BCUT2D eigenvalue weighted by Crippen LogP contribution is 2.29. The van der Waals surface area contributed by atoms with Crippen LogP contribution in [-0.2, 0) is 0 Å². The summed E-state index contributed by atoms with van der Waals surface area (Å²) in [6, 6.07) is 3.95. The van der Waals surface area contributed by atoms with Crippen molar-refractivity contribution < 1.29 is 0 Å². The van der Waals surface area contributed by atoms with E-state index in [9.17, 15) is 0 Å². The van der Waals surface area contributed by atoms with Crippen molar-refractivity contribution in [2.75, 3.05) is 5.73 Å². The van der Waals surface area contributed by atoms with E-state index in [1.807, 2.05) is 12.1 Å². The number of rotatable bonds is 0. The van der Waals surface area contributed by atoms with Gasteiger partial charge in [0.05, 0.1) is 5.69 Å². The Bertz CT molecular complexity index is 239. The highest BCUT2D eigenvalue weighted by molar-refractivity contribution is 14.1. The summed E-state index contributed by atoms with van der Waals surface area (Å²) in [6.07, 6.45) is 0. The zero-order chi connectivity index (χ0) is 7.72. The number of nitrogens with two attached hydrogens (primary N) is 1. The van der Waals surface area contributed by atoms with Crippen LogP contribution in [0.4, 0.5) is 5.69 Å². The Labute approximate surface area is 89.8 Å². The van der Waals surface area contributed by atoms with E-state index < -0.39 is 0 Å². The lowest BCUT2D eigenvalue weighted by Crippen LogP contribution is -1.88. The predicted molar refractivity (Wildman–Crippen MR) is 59.0 cm³/mol. The lowest BCUT2D eigenvalue weighted by atomic mass is 10.3. The number of halogens is 3. The molecule has 54 valence electrons. The highest BCUT2D eigenvalue weighted by atomic mass is 127. The number of benzene rings is 1. The molecule has 0 aliphatic heterocycles. The molecule has 0 bridgehead atoms. The molecule has 0 amide bonds. The first-order valence-corrected chi connectivity index (χ1v) is 5.18. The molecule has 0 fully saturated rings. The zero-order valence-electron chi connectivity index (χ0n) is 4.87. The molecule has 2 N–H and O–H groups in total. The number of nitrogen functional groups attached to an aromatic ring is 1. The van der Waals surface area contributed by atoms with E-state index in [4.69, 9.17) is 5.73 Å². The van der Waals surface area contributed by atoms with Gasteiger partial charge in [0.15, 0.2) is 0 Å². The second-order valence-corrected chi connectivity index (χ2v) is 4.74. The van der Waals surface area contributed by atoms with Crippen LogP contribution in [0.25, 0.3) is 0 Å². The first kappa shape index (κ1) is 8.80. The molecule has 4 heteroatoms. The first-order valence-electron chi connectivity index (χ1n) is 2.51. The molecule has 0 radical (unpaired) electrons. The van der Waals surface area contributed by atoms with E-state index in [-0.39, 0.29) is 0 Å². The van der Waals surface area contributed by atoms with Crippen molar-refractivity contribution >= 4 is 60.1 Å². The second-order valence-electron chi connectivity index (χ2n) is 1.78. The monoisotopic (exact) mass is 375 g/mol. The van der Waals surface area contributed by atoms with Gasteiger partial charge in [0.1, 0.15) is 0 Å². The summed E-state index contributed by atoms with van der Waals surface area (Å²) < 4.78 is 3.03. The molecule has 0 unspecified atom stereocenters. The van der Waals surface area contributed by atoms with Crippen molar-refractivity contribution in [1.82, 2.24) is 0 Å². The largest absolute Gasteiger partial charge is 0.397 e. The van der Waals surface area contributed by atoms with Crippen LogP contribution >= 0.6 is 54.5 Å². The standard InChI is InChI=1S/C6H4Br2IN/c7-4-1-3(9)2-5(8)6(4)10/h1-2H,10H2. The van der Waals surface area contributed by atoms with Gasteiger partial charge in [-0.2, -0.15) is 0 Å². The second kappa shape index (κ2) is 3.40. The fourth-order valence-electron chi connectivity index (χ4n) is 0.553. The lowest BCUT2D eigenvalue weighted by molar-refractivity contribution is 1.54. The summed E-state index contributed by atoms with van der Waals surface area (Å²) in [6.45, 7) is 0. The van der Waals surface area contributed by atoms with Crippen LogP contribution in [0.2, 0.25) is 0 Å². The number of hydrogen-bond acceptors (Lipinski definition) is 1. The summed E-state index contributed by atoms with van der Waals surface area (Å²) in [4.78, 5) is 0. The molecule has 0 aromatic heterocycles. The van der Waals surface area contributed by atoms with Gasteiger partial charge in [0.25, 0.3) is 0 Å². The first-order chi connectivity index (χ1) is 4.61. The Morgan fingerprint density at radius 1 is 1.20 bits per heavy atom. The Kier molecular flexibility index (Phi) is 3.00. The Morgan fingerprint density at radius 2 is 1.60 bits per heavy atom. The minimum atomic E-state index is 0.750. The van der Waals surface area contributed by atoms with Crippen molar-refractivity contribution in [1.29, 1.82) is 0 Å². The fraction of sp³-hybridized carbons (Fsp3) is 0. The van der Waals surface area contributed by atoms with Gasteiger partial charge < -0.3 is 5.73 Å². The van der Waals surface area contributed by atoms with Gasteiger partial charge in [-0.1, -0.05) is 0 Å². The molecular formula is C6H4Br2IN. The van der Waals surface area contributed by atoms with Crippen LogP contribution in [0, 0.1) is 3.57 Å². The number of hydrogen-bond donors (Lipinski definition) is 1. The molecule has 10 heavy (non-hydrogen) atoms. The van der Waals surface area contributed by atoms with Crippen LogP contribution in [0.3, 0.4) is 0 Å². The molecule has 1 nitrogen and oxygen atoms in total. The normalized spacial score (nSPS) is 9.90. The van der Waals surface area contributed by atoms with Crippen LogP contribution in [0.15, 0.2) is 21.1 Å². The molecule has 1 aromatic rings. The maximum atomic E-state index is 5.65. The average Bonchev–Trinajstić information content (AvgIpc) is 1.82. The summed E-state index contributed by atoms with van der Waals surface area (Å²) >= 11 is 8.91. The molecule has 0 heterocycles. The van der Waals surface area contributed by atoms with Crippen LogP contribution in [0.1, 0.15) is 0 Å². The average molecular weight is 377 g/mol. The Morgan fingerprint density at radius 3 is 2.00 bits per heavy atom. The van der Waals surface area contributed by atoms with E-state index in [0.29, 0.717) is 0 Å². The van der Waals surface area contributed by atoms with Gasteiger partial charge in [0, 0.05) is 12.5 Å². The van der Waals surface area contributed by atoms with Crippen molar-refractivity contribution in [3.8, 4) is 0 Å². The molecule has 0 aliphatic carbocycles. The molecular weight excluding hydrogens is 373 g/mol. The third kappa shape index (κ3) is 1.85. The summed E-state index contributed by atoms with van der Waals surface area (Å²) in [5.41, 5.74) is 6.40. The van der Waals surface area contributed by atoms with E-state index in [0.717, 1.165) is 18.2 Å². The Balaban J connectivity index is 3.31. The van der Waals surface area contributed by atoms with E-state index >= 15 is 0 Å². The van der Waals surface area contributed by atoms with Gasteiger partial charge in [-0.05, 0) is 66.6 Å². The Hall–Kier alpha value is 0.710. The molecule has 0 spiro atoms. The van der Waals surface area contributed by atoms with Crippen LogP contribution in [0.5, 0.6) is 0 Å². The summed E-state index contributed by atoms with van der Waals surface area (Å²) in [5.74, 6) is 0. The summed E-state index contributed by atoms with van der Waals surface area (Å²) in [7, 11) is 0. The van der Waals surface area contributed by atoms with Crippen molar-refractivity contribution in [2.45, 2.75) is 0 Å². The van der Waals surface area contributed by atoms with Crippen LogP contribution < -0.4 is 5.73 Å².